The lowest BCUT2D eigenvalue weighted by atomic mass is 10.1. The summed E-state index contributed by atoms with van der Waals surface area (Å²) in [7, 11) is 0. The summed E-state index contributed by atoms with van der Waals surface area (Å²) in [6.07, 6.45) is 0.853. The minimum Gasteiger partial charge on any atom is -0.493 e. The van der Waals surface area contributed by atoms with Crippen LogP contribution < -0.4 is 15.6 Å². The predicted molar refractivity (Wildman–Crippen MR) is 102 cm³/mol. The fourth-order valence-corrected chi connectivity index (χ4v) is 2.68. The molecule has 0 spiro atoms. The number of carbonyl (C=O) groups is 2. The molecule has 0 fully saturated rings. The first kappa shape index (κ1) is 20.1. The fourth-order valence-electron chi connectivity index (χ4n) is 2.25. The van der Waals surface area contributed by atoms with Crippen LogP contribution in [0.1, 0.15) is 24.0 Å². The topological polar surface area (TPSA) is 67.4 Å². The molecule has 0 aliphatic carbocycles. The number of rotatable bonds is 7. The van der Waals surface area contributed by atoms with Crippen LogP contribution in [-0.4, -0.2) is 18.4 Å². The van der Waals surface area contributed by atoms with Gasteiger partial charge in [-0.05, 0) is 48.7 Å². The monoisotopic (exact) mass is 394 g/mol. The van der Waals surface area contributed by atoms with Gasteiger partial charge in [0.25, 0.3) is 0 Å². The van der Waals surface area contributed by atoms with Gasteiger partial charge in [-0.3, -0.25) is 20.4 Å². The molecule has 138 valence electrons. The lowest BCUT2D eigenvalue weighted by Gasteiger charge is -2.10. The number of hydrazine groups is 1. The molecule has 2 N–H and O–H groups in total. The van der Waals surface area contributed by atoms with Crippen molar-refractivity contribution in [2.24, 2.45) is 0 Å². The zero-order valence-corrected chi connectivity index (χ0v) is 15.9. The lowest BCUT2D eigenvalue weighted by Crippen LogP contribution is -2.42. The zero-order valence-electron chi connectivity index (χ0n) is 14.4. The fraction of sp³-hybridized carbons (Fsp3) is 0.263. The van der Waals surface area contributed by atoms with Gasteiger partial charge >= 0.3 is 0 Å². The van der Waals surface area contributed by atoms with E-state index in [1.54, 1.807) is 36.4 Å². The molecule has 0 aliphatic rings. The molecule has 26 heavy (non-hydrogen) atoms. The molecule has 7 heteroatoms. The molecule has 2 aromatic carbocycles. The highest BCUT2D eigenvalue weighted by Gasteiger charge is 2.08. The normalized spacial score (nSPS) is 10.3. The number of hydrogen-bond acceptors (Lipinski definition) is 3. The van der Waals surface area contributed by atoms with E-state index in [9.17, 15) is 9.59 Å². The van der Waals surface area contributed by atoms with Crippen molar-refractivity contribution in [2.75, 3.05) is 6.61 Å². The maximum Gasteiger partial charge on any atom is 0.242 e. The summed E-state index contributed by atoms with van der Waals surface area (Å²) in [5.41, 5.74) is 6.40. The number of ether oxygens (including phenoxy) is 1. The molecule has 2 amide bonds. The van der Waals surface area contributed by atoms with E-state index < -0.39 is 0 Å². The van der Waals surface area contributed by atoms with Gasteiger partial charge in [-0.15, -0.1) is 0 Å². The van der Waals surface area contributed by atoms with Gasteiger partial charge in [-0.2, -0.15) is 0 Å². The minimum absolute atomic E-state index is 0.0961. The van der Waals surface area contributed by atoms with Crippen LogP contribution in [0.4, 0.5) is 0 Å². The Labute approximate surface area is 162 Å². The van der Waals surface area contributed by atoms with Crippen molar-refractivity contribution < 1.29 is 14.3 Å². The van der Waals surface area contributed by atoms with Gasteiger partial charge in [-0.25, -0.2) is 0 Å². The summed E-state index contributed by atoms with van der Waals surface area (Å²) in [5, 5.41) is 1.17. The van der Waals surface area contributed by atoms with Crippen molar-refractivity contribution in [3.63, 3.8) is 0 Å². The Morgan fingerprint density at radius 3 is 2.50 bits per heavy atom. The van der Waals surface area contributed by atoms with Gasteiger partial charge in [0.15, 0.2) is 0 Å². The van der Waals surface area contributed by atoms with Crippen molar-refractivity contribution in [3.8, 4) is 5.75 Å². The molecule has 2 rings (SSSR count). The van der Waals surface area contributed by atoms with Crippen LogP contribution in [0, 0.1) is 6.92 Å². The van der Waals surface area contributed by atoms with Crippen molar-refractivity contribution in [1.29, 1.82) is 0 Å². The Kier molecular flexibility index (Phi) is 7.75. The van der Waals surface area contributed by atoms with Crippen LogP contribution in [0.5, 0.6) is 5.75 Å². The van der Waals surface area contributed by atoms with E-state index in [2.05, 4.69) is 10.9 Å². The highest BCUT2D eigenvalue weighted by atomic mass is 35.5. The maximum atomic E-state index is 11.8. The summed E-state index contributed by atoms with van der Waals surface area (Å²) in [5.74, 6) is 0.122. The largest absolute Gasteiger partial charge is 0.493 e. The number of amides is 2. The first-order chi connectivity index (χ1) is 12.5. The Bertz CT molecular complexity index is 781. The van der Waals surface area contributed by atoms with E-state index in [1.807, 2.05) is 13.0 Å². The molecular weight excluding hydrogens is 375 g/mol. The SMILES string of the molecule is Cc1cc(Cl)ccc1OCCCC(=O)NNC(=O)Cc1ccccc1Cl. The summed E-state index contributed by atoms with van der Waals surface area (Å²) in [6.45, 7) is 2.30. The number of carbonyl (C=O) groups excluding carboxylic acids is 2. The van der Waals surface area contributed by atoms with E-state index in [4.69, 9.17) is 27.9 Å². The lowest BCUT2D eigenvalue weighted by molar-refractivity contribution is -0.128. The first-order valence-electron chi connectivity index (χ1n) is 8.16. The number of benzene rings is 2. The van der Waals surface area contributed by atoms with E-state index in [0.29, 0.717) is 28.6 Å². The van der Waals surface area contributed by atoms with Crippen LogP contribution >= 0.6 is 23.2 Å². The molecule has 0 aliphatic heterocycles. The molecule has 2 aromatic rings. The third-order valence-corrected chi connectivity index (χ3v) is 4.20. The highest BCUT2D eigenvalue weighted by molar-refractivity contribution is 6.31. The third-order valence-electron chi connectivity index (χ3n) is 3.59. The minimum atomic E-state index is -0.334. The number of hydrogen-bond donors (Lipinski definition) is 2. The quantitative estimate of drug-likeness (QED) is 0.553. The predicted octanol–water partition coefficient (Wildman–Crippen LogP) is 3.85. The maximum absolute atomic E-state index is 11.8. The van der Waals surface area contributed by atoms with E-state index >= 15 is 0 Å². The average molecular weight is 395 g/mol. The summed E-state index contributed by atoms with van der Waals surface area (Å²) in [4.78, 5) is 23.6. The van der Waals surface area contributed by atoms with Gasteiger partial charge in [-0.1, -0.05) is 41.4 Å². The van der Waals surface area contributed by atoms with Crippen LogP contribution in [0.15, 0.2) is 42.5 Å². The van der Waals surface area contributed by atoms with Crippen LogP contribution in [0.2, 0.25) is 10.0 Å². The molecule has 0 atom stereocenters. The molecule has 0 heterocycles. The molecule has 0 aromatic heterocycles. The Morgan fingerprint density at radius 2 is 1.77 bits per heavy atom. The molecule has 0 radical (unpaired) electrons. The van der Waals surface area contributed by atoms with Crippen LogP contribution in [0.25, 0.3) is 0 Å². The van der Waals surface area contributed by atoms with E-state index in [-0.39, 0.29) is 24.7 Å². The van der Waals surface area contributed by atoms with Gasteiger partial charge < -0.3 is 4.74 Å². The standard InChI is InChI=1S/C19H20Cl2N2O3/c1-13-11-15(20)8-9-17(13)26-10-4-7-18(24)22-23-19(25)12-14-5-2-3-6-16(14)21/h2-3,5-6,8-9,11H,4,7,10,12H2,1H3,(H,22,24)(H,23,25). The smallest absolute Gasteiger partial charge is 0.242 e. The molecule has 0 saturated heterocycles. The van der Waals surface area contributed by atoms with E-state index in [0.717, 1.165) is 11.3 Å². The van der Waals surface area contributed by atoms with Gasteiger partial charge in [0.2, 0.25) is 11.8 Å². The summed E-state index contributed by atoms with van der Waals surface area (Å²) in [6, 6.07) is 12.4. The molecule has 0 bridgehead atoms. The van der Waals surface area contributed by atoms with Crippen molar-refractivity contribution >= 4 is 35.0 Å². The summed E-state index contributed by atoms with van der Waals surface area (Å²) >= 11 is 11.9. The Balaban J connectivity index is 1.64. The second-order valence-electron chi connectivity index (χ2n) is 5.73. The Hall–Kier alpha value is -2.24. The molecule has 0 saturated carbocycles. The number of nitrogens with one attached hydrogen (secondary N) is 2. The van der Waals surface area contributed by atoms with E-state index in [1.165, 1.54) is 0 Å². The van der Waals surface area contributed by atoms with Gasteiger partial charge in [0.05, 0.1) is 13.0 Å². The van der Waals surface area contributed by atoms with Gasteiger partial charge in [0.1, 0.15) is 5.75 Å². The molecule has 0 unspecified atom stereocenters. The number of aryl methyl sites for hydroxylation is 1. The summed E-state index contributed by atoms with van der Waals surface area (Å²) < 4.78 is 5.62. The average Bonchev–Trinajstić information content (AvgIpc) is 2.60. The molecule has 5 nitrogen and oxygen atoms in total. The van der Waals surface area contributed by atoms with Crippen molar-refractivity contribution in [3.05, 3.63) is 63.6 Å². The first-order valence-corrected chi connectivity index (χ1v) is 8.91. The van der Waals surface area contributed by atoms with Crippen molar-refractivity contribution in [1.82, 2.24) is 10.9 Å². The number of halogens is 2. The van der Waals surface area contributed by atoms with Gasteiger partial charge in [0, 0.05) is 16.5 Å². The zero-order chi connectivity index (χ0) is 18.9. The molecular formula is C19H20Cl2N2O3. The second kappa shape index (κ2) is 10.0. The highest BCUT2D eigenvalue weighted by Crippen LogP contribution is 2.21. The second-order valence-corrected chi connectivity index (χ2v) is 6.57. The third kappa shape index (κ3) is 6.58. The van der Waals surface area contributed by atoms with Crippen LogP contribution in [-0.2, 0) is 16.0 Å². The van der Waals surface area contributed by atoms with Crippen molar-refractivity contribution in [2.45, 2.75) is 26.2 Å². The van der Waals surface area contributed by atoms with Crippen LogP contribution in [0.3, 0.4) is 0 Å². The Morgan fingerprint density at radius 1 is 1.04 bits per heavy atom.